The van der Waals surface area contributed by atoms with E-state index in [0.717, 1.165) is 33.3 Å². The number of aromatic amines is 3. The Bertz CT molecular complexity index is 1340. The molecule has 9 nitrogen and oxygen atoms in total. The molecule has 1 amide bonds. The number of fused-ring (bicyclic) bond motifs is 2. The maximum atomic E-state index is 11.2. The molecule has 5 aromatic rings. The number of rotatable bonds is 5. The van der Waals surface area contributed by atoms with Crippen molar-refractivity contribution in [3.05, 3.63) is 66.5 Å². The first-order chi connectivity index (χ1) is 14.2. The smallest absolute Gasteiger partial charge is 0.351 e. The summed E-state index contributed by atoms with van der Waals surface area (Å²) < 4.78 is 0. The van der Waals surface area contributed by atoms with Crippen molar-refractivity contribution >= 4 is 51.0 Å². The highest BCUT2D eigenvalue weighted by Crippen LogP contribution is 2.28. The lowest BCUT2D eigenvalue weighted by Crippen LogP contribution is -2.15. The van der Waals surface area contributed by atoms with Crippen LogP contribution in [0.4, 0.5) is 23.1 Å². The molecule has 9 heteroatoms. The van der Waals surface area contributed by atoms with Crippen molar-refractivity contribution in [1.29, 1.82) is 0 Å². The summed E-state index contributed by atoms with van der Waals surface area (Å²) in [7, 11) is 0. The maximum absolute atomic E-state index is 11.2. The Morgan fingerprint density at radius 3 is 2.72 bits per heavy atom. The van der Waals surface area contributed by atoms with Crippen molar-refractivity contribution < 1.29 is 9.78 Å². The SMILES string of the molecule is NC(=O)c1ccc(Nc2nc(Nc3cccc4[nH]ncc34)c3cc[nH]c3[nH+]2)cc1. The van der Waals surface area contributed by atoms with E-state index in [1.165, 1.54) is 0 Å². The number of benzene rings is 2. The van der Waals surface area contributed by atoms with Crippen molar-refractivity contribution in [3.63, 3.8) is 0 Å². The number of aromatic nitrogens is 5. The van der Waals surface area contributed by atoms with Gasteiger partial charge in [0.05, 0.1) is 28.5 Å². The van der Waals surface area contributed by atoms with E-state index < -0.39 is 5.91 Å². The van der Waals surface area contributed by atoms with E-state index in [9.17, 15) is 4.79 Å². The van der Waals surface area contributed by atoms with Crippen molar-refractivity contribution in [2.24, 2.45) is 5.73 Å². The number of hydrogen-bond donors (Lipinski definition) is 5. The first-order valence-corrected chi connectivity index (χ1v) is 8.94. The molecule has 3 aromatic heterocycles. The summed E-state index contributed by atoms with van der Waals surface area (Å²) in [5, 5.41) is 15.6. The van der Waals surface area contributed by atoms with Gasteiger partial charge in [-0.25, -0.2) is 4.98 Å². The largest absolute Gasteiger partial charge is 0.366 e. The van der Waals surface area contributed by atoms with Gasteiger partial charge in [-0.05, 0) is 42.5 Å². The molecule has 3 heterocycles. The molecule has 0 unspecified atom stereocenters. The molecule has 5 rings (SSSR count). The average molecular weight is 385 g/mol. The van der Waals surface area contributed by atoms with Crippen LogP contribution in [0.2, 0.25) is 0 Å². The van der Waals surface area contributed by atoms with E-state index in [1.807, 2.05) is 30.5 Å². The van der Waals surface area contributed by atoms with Gasteiger partial charge in [-0.15, -0.1) is 0 Å². The number of primary amides is 1. The van der Waals surface area contributed by atoms with E-state index in [4.69, 9.17) is 10.7 Å². The van der Waals surface area contributed by atoms with Crippen LogP contribution in [0.1, 0.15) is 10.4 Å². The van der Waals surface area contributed by atoms with Crippen LogP contribution in [0.15, 0.2) is 60.9 Å². The van der Waals surface area contributed by atoms with E-state index in [-0.39, 0.29) is 0 Å². The van der Waals surface area contributed by atoms with Gasteiger partial charge in [-0.3, -0.25) is 20.2 Å². The van der Waals surface area contributed by atoms with Gasteiger partial charge < -0.3 is 11.1 Å². The number of nitrogens with one attached hydrogen (secondary N) is 5. The van der Waals surface area contributed by atoms with Crippen LogP contribution in [0, 0.1) is 0 Å². The molecular weight excluding hydrogens is 368 g/mol. The highest BCUT2D eigenvalue weighted by Gasteiger charge is 2.16. The zero-order valence-corrected chi connectivity index (χ0v) is 15.2. The number of hydrogen-bond acceptors (Lipinski definition) is 5. The second kappa shape index (κ2) is 6.64. The molecule has 0 aliphatic heterocycles. The number of anilines is 4. The molecule has 7 N–H and O–H groups in total. The Labute approximate surface area is 164 Å². The van der Waals surface area contributed by atoms with Gasteiger partial charge in [-0.1, -0.05) is 11.1 Å². The van der Waals surface area contributed by atoms with Crippen LogP contribution in [0.5, 0.6) is 0 Å². The molecule has 0 bridgehead atoms. The van der Waals surface area contributed by atoms with Crippen LogP contribution in [-0.4, -0.2) is 26.1 Å². The van der Waals surface area contributed by atoms with Gasteiger partial charge in [0, 0.05) is 17.1 Å². The van der Waals surface area contributed by atoms with Crippen LogP contribution >= 0.6 is 0 Å². The summed E-state index contributed by atoms with van der Waals surface area (Å²) in [5.41, 5.74) is 9.17. The predicted octanol–water partition coefficient (Wildman–Crippen LogP) is 2.84. The predicted molar refractivity (Wildman–Crippen MR) is 110 cm³/mol. The van der Waals surface area contributed by atoms with E-state index in [0.29, 0.717) is 17.3 Å². The minimum atomic E-state index is -0.464. The molecule has 142 valence electrons. The van der Waals surface area contributed by atoms with Crippen LogP contribution in [0.25, 0.3) is 21.9 Å². The summed E-state index contributed by atoms with van der Waals surface area (Å²) in [6, 6.07) is 14.7. The van der Waals surface area contributed by atoms with Gasteiger partial charge in [0.15, 0.2) is 0 Å². The van der Waals surface area contributed by atoms with Gasteiger partial charge >= 0.3 is 5.95 Å². The third kappa shape index (κ3) is 3.10. The normalized spacial score (nSPS) is 11.0. The molecule has 0 radical (unpaired) electrons. The van der Waals surface area contributed by atoms with Crippen LogP contribution in [0.3, 0.4) is 0 Å². The molecule has 0 fully saturated rings. The molecule has 0 spiro atoms. The first kappa shape index (κ1) is 16.8. The summed E-state index contributed by atoms with van der Waals surface area (Å²) in [6.45, 7) is 0. The standard InChI is InChI=1S/C20H16N8O/c21-17(29)11-4-6-12(7-5-11)24-20-26-18-13(8-9-22-18)19(27-20)25-15-2-1-3-16-14(15)10-23-28-16/h1-10H,(H2,21,29)(H,23,28)(H3,22,24,25,26,27)/p+1. The first-order valence-electron chi connectivity index (χ1n) is 8.94. The third-order valence-electron chi connectivity index (χ3n) is 4.64. The second-order valence-electron chi connectivity index (χ2n) is 6.53. The second-order valence-corrected chi connectivity index (χ2v) is 6.53. The Hall–Kier alpha value is -4.40. The van der Waals surface area contributed by atoms with Gasteiger partial charge in [-0.2, -0.15) is 5.10 Å². The highest BCUT2D eigenvalue weighted by atomic mass is 16.1. The lowest BCUT2D eigenvalue weighted by molar-refractivity contribution is -0.333. The third-order valence-corrected chi connectivity index (χ3v) is 4.64. The number of nitrogens with zero attached hydrogens (tertiary/aromatic N) is 2. The average Bonchev–Trinajstić information content (AvgIpc) is 3.38. The molecule has 0 aliphatic carbocycles. The Morgan fingerprint density at radius 1 is 1.03 bits per heavy atom. The highest BCUT2D eigenvalue weighted by molar-refractivity contribution is 5.96. The quantitative estimate of drug-likeness (QED) is 0.317. The molecule has 0 aliphatic rings. The number of amides is 1. The van der Waals surface area contributed by atoms with Crippen molar-refractivity contribution in [3.8, 4) is 0 Å². The van der Waals surface area contributed by atoms with E-state index in [1.54, 1.807) is 30.5 Å². The molecule has 0 atom stereocenters. The van der Waals surface area contributed by atoms with E-state index >= 15 is 0 Å². The lowest BCUT2D eigenvalue weighted by Gasteiger charge is -2.07. The zero-order chi connectivity index (χ0) is 19.8. The summed E-state index contributed by atoms with van der Waals surface area (Å²) in [5.74, 6) is 0.757. The lowest BCUT2D eigenvalue weighted by atomic mass is 10.2. The van der Waals surface area contributed by atoms with Gasteiger partial charge in [0.1, 0.15) is 0 Å². The number of nitrogens with two attached hydrogens (primary N) is 1. The molecule has 0 saturated heterocycles. The molecule has 2 aromatic carbocycles. The topological polar surface area (TPSA) is 139 Å². The number of carbonyl (C=O) groups excluding carboxylic acids is 1. The minimum Gasteiger partial charge on any atom is -0.366 e. The Morgan fingerprint density at radius 2 is 1.90 bits per heavy atom. The molecule has 29 heavy (non-hydrogen) atoms. The van der Waals surface area contributed by atoms with Crippen molar-refractivity contribution in [2.45, 2.75) is 0 Å². The minimum absolute atomic E-state index is 0.447. The molecular formula is C20H17N8O+. The summed E-state index contributed by atoms with van der Waals surface area (Å²) >= 11 is 0. The maximum Gasteiger partial charge on any atom is 0.351 e. The summed E-state index contributed by atoms with van der Waals surface area (Å²) in [6.07, 6.45) is 3.62. The van der Waals surface area contributed by atoms with E-state index in [2.05, 4.69) is 30.8 Å². The van der Waals surface area contributed by atoms with Crippen molar-refractivity contribution in [1.82, 2.24) is 20.2 Å². The fourth-order valence-electron chi connectivity index (χ4n) is 3.20. The monoisotopic (exact) mass is 385 g/mol. The van der Waals surface area contributed by atoms with Gasteiger partial charge in [0.2, 0.25) is 17.4 Å². The van der Waals surface area contributed by atoms with Gasteiger partial charge in [0.25, 0.3) is 0 Å². The zero-order valence-electron chi connectivity index (χ0n) is 15.2. The Balaban J connectivity index is 1.51. The summed E-state index contributed by atoms with van der Waals surface area (Å²) in [4.78, 5) is 22.3. The van der Waals surface area contributed by atoms with Crippen molar-refractivity contribution in [2.75, 3.05) is 10.6 Å². The number of carbonyl (C=O) groups is 1. The van der Waals surface area contributed by atoms with Crippen LogP contribution in [-0.2, 0) is 0 Å². The van der Waals surface area contributed by atoms with Crippen LogP contribution < -0.4 is 21.4 Å². The fraction of sp³-hybridized carbons (Fsp3) is 0. The molecule has 0 saturated carbocycles. The fourth-order valence-corrected chi connectivity index (χ4v) is 3.20. The Kier molecular flexibility index (Phi) is 3.84. The number of H-pyrrole nitrogens is 3.